The molecule has 3 aromatic rings. The molecule has 1 aromatic carbocycles. The first-order valence-electron chi connectivity index (χ1n) is 5.54. The first kappa shape index (κ1) is 10.0. The average Bonchev–Trinajstić information content (AvgIpc) is 2.68. The molecule has 0 unspecified atom stereocenters. The first-order valence-corrected chi connectivity index (χ1v) is 5.54. The van der Waals surface area contributed by atoms with Gasteiger partial charge < -0.3 is 4.52 Å². The highest BCUT2D eigenvalue weighted by Gasteiger charge is 2.11. The maximum absolute atomic E-state index is 5.18. The predicted octanol–water partition coefficient (Wildman–Crippen LogP) is 3.51. The lowest BCUT2D eigenvalue weighted by molar-refractivity contribution is 0.393. The summed E-state index contributed by atoms with van der Waals surface area (Å²) in [5.74, 6) is 0.833. The average molecular weight is 224 g/mol. The number of nitrogens with zero attached hydrogens (tertiary/aromatic N) is 2. The molecule has 0 spiro atoms. The molecule has 0 aliphatic heterocycles. The van der Waals surface area contributed by atoms with Crippen LogP contribution in [0, 0.1) is 13.8 Å². The molecule has 0 saturated heterocycles. The molecule has 2 aromatic heterocycles. The van der Waals surface area contributed by atoms with Crippen LogP contribution in [0.2, 0.25) is 0 Å². The number of para-hydroxylation sites is 1. The summed E-state index contributed by atoms with van der Waals surface area (Å²) in [5.41, 5.74) is 4.01. The van der Waals surface area contributed by atoms with Crippen LogP contribution in [0.15, 0.2) is 41.1 Å². The monoisotopic (exact) mass is 224 g/mol. The summed E-state index contributed by atoms with van der Waals surface area (Å²) < 4.78 is 5.18. The van der Waals surface area contributed by atoms with Gasteiger partial charge in [-0.05, 0) is 26.0 Å². The Labute approximate surface area is 99.1 Å². The van der Waals surface area contributed by atoms with Crippen molar-refractivity contribution in [2.75, 3.05) is 0 Å². The zero-order valence-electron chi connectivity index (χ0n) is 9.77. The van der Waals surface area contributed by atoms with Gasteiger partial charge in [-0.2, -0.15) is 0 Å². The highest BCUT2D eigenvalue weighted by molar-refractivity contribution is 5.84. The number of rotatable bonds is 1. The van der Waals surface area contributed by atoms with E-state index in [0.29, 0.717) is 0 Å². The van der Waals surface area contributed by atoms with Crippen molar-refractivity contribution in [3.05, 3.63) is 48.0 Å². The van der Waals surface area contributed by atoms with Crippen LogP contribution in [0.3, 0.4) is 0 Å². The van der Waals surface area contributed by atoms with Gasteiger partial charge in [0, 0.05) is 22.7 Å². The van der Waals surface area contributed by atoms with E-state index in [1.165, 1.54) is 0 Å². The number of hydrogen-bond acceptors (Lipinski definition) is 3. The molecule has 0 fully saturated rings. The summed E-state index contributed by atoms with van der Waals surface area (Å²) in [5, 5.41) is 5.10. The van der Waals surface area contributed by atoms with Crippen molar-refractivity contribution >= 4 is 10.9 Å². The normalized spacial score (nSPS) is 10.9. The minimum absolute atomic E-state index is 0.833. The Balaban J connectivity index is 2.25. The molecule has 0 aliphatic rings. The van der Waals surface area contributed by atoms with E-state index in [4.69, 9.17) is 4.52 Å². The number of fused-ring (bicyclic) bond motifs is 1. The number of pyridine rings is 1. The van der Waals surface area contributed by atoms with Crippen molar-refractivity contribution in [2.24, 2.45) is 0 Å². The number of aromatic nitrogens is 2. The highest BCUT2D eigenvalue weighted by atomic mass is 16.5. The molecule has 0 N–H and O–H groups in total. The van der Waals surface area contributed by atoms with E-state index in [1.54, 1.807) is 0 Å². The second-order valence-electron chi connectivity index (χ2n) is 4.12. The third kappa shape index (κ3) is 1.60. The van der Waals surface area contributed by atoms with Gasteiger partial charge >= 0.3 is 0 Å². The van der Waals surface area contributed by atoms with Crippen LogP contribution < -0.4 is 0 Å². The number of hydrogen-bond donors (Lipinski definition) is 0. The molecular weight excluding hydrogens is 212 g/mol. The smallest absolute Gasteiger partial charge is 0.141 e. The Kier molecular flexibility index (Phi) is 2.18. The Morgan fingerprint density at radius 3 is 2.71 bits per heavy atom. The summed E-state index contributed by atoms with van der Waals surface area (Å²) in [6.07, 6.45) is 1.87. The van der Waals surface area contributed by atoms with Gasteiger partial charge in [-0.25, -0.2) is 0 Å². The van der Waals surface area contributed by atoms with E-state index in [9.17, 15) is 0 Å². The van der Waals surface area contributed by atoms with Crippen LogP contribution in [-0.4, -0.2) is 10.1 Å². The first-order chi connectivity index (χ1) is 8.25. The summed E-state index contributed by atoms with van der Waals surface area (Å²) in [6.45, 7) is 3.87. The lowest BCUT2D eigenvalue weighted by Crippen LogP contribution is -1.85. The Morgan fingerprint density at radius 1 is 1.12 bits per heavy atom. The van der Waals surface area contributed by atoms with Crippen LogP contribution in [0.4, 0.5) is 0 Å². The van der Waals surface area contributed by atoms with E-state index in [1.807, 2.05) is 38.2 Å². The second kappa shape index (κ2) is 3.70. The second-order valence-corrected chi connectivity index (χ2v) is 4.12. The van der Waals surface area contributed by atoms with Gasteiger partial charge in [-0.3, -0.25) is 4.98 Å². The zero-order valence-corrected chi connectivity index (χ0v) is 9.77. The molecule has 3 heteroatoms. The quantitative estimate of drug-likeness (QED) is 0.635. The van der Waals surface area contributed by atoms with Crippen LogP contribution in [0.25, 0.3) is 22.0 Å². The molecule has 17 heavy (non-hydrogen) atoms. The van der Waals surface area contributed by atoms with Crippen molar-refractivity contribution in [3.8, 4) is 11.1 Å². The maximum Gasteiger partial charge on any atom is 0.141 e. The summed E-state index contributed by atoms with van der Waals surface area (Å²) in [6, 6.07) is 10.2. The largest absolute Gasteiger partial charge is 0.361 e. The van der Waals surface area contributed by atoms with Gasteiger partial charge in [0.15, 0.2) is 0 Å². The van der Waals surface area contributed by atoms with Gasteiger partial charge in [0.2, 0.25) is 0 Å². The van der Waals surface area contributed by atoms with Crippen LogP contribution in [0.5, 0.6) is 0 Å². The molecule has 0 saturated carbocycles. The fraction of sp³-hybridized carbons (Fsp3) is 0.143. The van der Waals surface area contributed by atoms with Crippen LogP contribution in [0.1, 0.15) is 11.5 Å². The van der Waals surface area contributed by atoms with E-state index in [-0.39, 0.29) is 0 Å². The van der Waals surface area contributed by atoms with Crippen molar-refractivity contribution in [1.29, 1.82) is 0 Å². The van der Waals surface area contributed by atoms with Crippen molar-refractivity contribution in [1.82, 2.24) is 10.1 Å². The van der Waals surface area contributed by atoms with Crippen molar-refractivity contribution in [2.45, 2.75) is 13.8 Å². The van der Waals surface area contributed by atoms with Gasteiger partial charge in [0.25, 0.3) is 0 Å². The Hall–Kier alpha value is -2.16. The summed E-state index contributed by atoms with van der Waals surface area (Å²) in [7, 11) is 0. The van der Waals surface area contributed by atoms with Gasteiger partial charge in [-0.1, -0.05) is 23.4 Å². The van der Waals surface area contributed by atoms with Gasteiger partial charge in [0.1, 0.15) is 5.76 Å². The highest BCUT2D eigenvalue weighted by Crippen LogP contribution is 2.28. The van der Waals surface area contributed by atoms with Gasteiger partial charge in [0.05, 0.1) is 11.2 Å². The molecule has 0 aliphatic carbocycles. The lowest BCUT2D eigenvalue weighted by atomic mass is 10.0. The Bertz CT molecular complexity index is 666. The molecule has 3 nitrogen and oxygen atoms in total. The number of aryl methyl sites for hydroxylation is 2. The molecule has 2 heterocycles. The fourth-order valence-electron chi connectivity index (χ4n) is 2.10. The molecular formula is C14H12N2O. The van der Waals surface area contributed by atoms with E-state index in [2.05, 4.69) is 22.3 Å². The van der Waals surface area contributed by atoms with Crippen molar-refractivity contribution < 1.29 is 4.52 Å². The molecule has 0 bridgehead atoms. The third-order valence-electron chi connectivity index (χ3n) is 2.91. The van der Waals surface area contributed by atoms with Crippen molar-refractivity contribution in [3.63, 3.8) is 0 Å². The SMILES string of the molecule is Cc1noc(C)c1-c1cnc2ccccc2c1. The molecule has 0 atom stereocenters. The standard InChI is InChI=1S/C14H12N2O/c1-9-14(10(2)17-16-9)12-7-11-5-3-4-6-13(11)15-8-12/h3-8H,1-2H3. The van der Waals surface area contributed by atoms with Crippen LogP contribution >= 0.6 is 0 Å². The van der Waals surface area contributed by atoms with Crippen LogP contribution in [-0.2, 0) is 0 Å². The van der Waals surface area contributed by atoms with E-state index in [0.717, 1.165) is 33.5 Å². The molecule has 0 amide bonds. The maximum atomic E-state index is 5.18. The third-order valence-corrected chi connectivity index (χ3v) is 2.91. The predicted molar refractivity (Wildman–Crippen MR) is 66.7 cm³/mol. The Morgan fingerprint density at radius 2 is 1.94 bits per heavy atom. The van der Waals surface area contributed by atoms with E-state index >= 15 is 0 Å². The zero-order chi connectivity index (χ0) is 11.8. The molecule has 3 rings (SSSR count). The number of benzene rings is 1. The summed E-state index contributed by atoms with van der Waals surface area (Å²) in [4.78, 5) is 4.45. The lowest BCUT2D eigenvalue weighted by Gasteiger charge is -2.02. The summed E-state index contributed by atoms with van der Waals surface area (Å²) >= 11 is 0. The molecule has 84 valence electrons. The topological polar surface area (TPSA) is 38.9 Å². The van der Waals surface area contributed by atoms with Gasteiger partial charge in [-0.15, -0.1) is 0 Å². The van der Waals surface area contributed by atoms with E-state index < -0.39 is 0 Å². The minimum Gasteiger partial charge on any atom is -0.361 e. The molecule has 0 radical (unpaired) electrons. The fourth-order valence-corrected chi connectivity index (χ4v) is 2.10. The minimum atomic E-state index is 0.833.